The number of para-hydroxylation sites is 4. The van der Waals surface area contributed by atoms with Gasteiger partial charge in [0.1, 0.15) is 11.5 Å². The number of carbonyl (C=O) groups excluding carboxylic acids is 1. The molecule has 0 aliphatic heterocycles. The zero-order chi connectivity index (χ0) is 23.5. The summed E-state index contributed by atoms with van der Waals surface area (Å²) in [7, 11) is 0. The van der Waals surface area contributed by atoms with Crippen LogP contribution >= 0.6 is 0 Å². The lowest BCUT2D eigenvalue weighted by Gasteiger charge is -2.13. The fraction of sp³-hybridized carbons (Fsp3) is 0.0345. The van der Waals surface area contributed by atoms with Crippen LogP contribution in [-0.4, -0.2) is 5.91 Å². The first-order valence-electron chi connectivity index (χ1n) is 10.9. The Bertz CT molecular complexity index is 1540. The number of hydrogen-bond acceptors (Lipinski definition) is 4. The molecule has 1 amide bonds. The van der Waals surface area contributed by atoms with Gasteiger partial charge in [0.15, 0.2) is 16.8 Å². The Balaban J connectivity index is 1.55. The maximum absolute atomic E-state index is 13.3. The number of amides is 1. The van der Waals surface area contributed by atoms with Crippen LogP contribution < -0.4 is 15.5 Å². The molecule has 166 valence electrons. The van der Waals surface area contributed by atoms with E-state index in [1.54, 1.807) is 37.3 Å². The molecule has 0 radical (unpaired) electrons. The van der Waals surface area contributed by atoms with Crippen molar-refractivity contribution >= 4 is 22.6 Å². The third-order valence-electron chi connectivity index (χ3n) is 5.53. The maximum atomic E-state index is 13.3. The Morgan fingerprint density at radius 2 is 1.47 bits per heavy atom. The molecule has 0 spiro atoms. The maximum Gasteiger partial charge on any atom is 0.259 e. The fourth-order valence-electron chi connectivity index (χ4n) is 3.82. The SMILES string of the molecule is Cc1c(-c2ccccc2)oc2c(C(=O)Nc3ccccc3Oc3ccccc3)cccc2c1=O. The van der Waals surface area contributed by atoms with Gasteiger partial charge in [-0.1, -0.05) is 66.7 Å². The standard InChI is InChI=1S/C29H21NO4/c1-19-26(31)22-15-10-16-23(28(22)34-27(19)20-11-4-2-5-12-20)29(32)30-24-17-8-9-18-25(24)33-21-13-6-3-7-14-21/h2-18H,1H3,(H,30,32). The van der Waals surface area contributed by atoms with E-state index in [1.807, 2.05) is 72.8 Å². The zero-order valence-electron chi connectivity index (χ0n) is 18.4. The summed E-state index contributed by atoms with van der Waals surface area (Å²) >= 11 is 0. The van der Waals surface area contributed by atoms with E-state index < -0.39 is 5.91 Å². The van der Waals surface area contributed by atoms with Crippen molar-refractivity contribution in [2.45, 2.75) is 6.92 Å². The average Bonchev–Trinajstić information content (AvgIpc) is 2.88. The van der Waals surface area contributed by atoms with E-state index in [9.17, 15) is 9.59 Å². The Morgan fingerprint density at radius 3 is 2.24 bits per heavy atom. The molecule has 0 unspecified atom stereocenters. The van der Waals surface area contributed by atoms with Crippen LogP contribution in [0.15, 0.2) is 112 Å². The lowest BCUT2D eigenvalue weighted by molar-refractivity contribution is 0.102. The van der Waals surface area contributed by atoms with Crippen LogP contribution in [0.2, 0.25) is 0 Å². The number of ether oxygens (including phenoxy) is 1. The highest BCUT2D eigenvalue weighted by atomic mass is 16.5. The highest BCUT2D eigenvalue weighted by Crippen LogP contribution is 2.31. The predicted molar refractivity (Wildman–Crippen MR) is 134 cm³/mol. The van der Waals surface area contributed by atoms with Crippen LogP contribution in [0.5, 0.6) is 11.5 Å². The molecule has 0 fully saturated rings. The second kappa shape index (κ2) is 9.08. The first-order chi connectivity index (χ1) is 16.6. The summed E-state index contributed by atoms with van der Waals surface area (Å²) in [6, 6.07) is 30.9. The van der Waals surface area contributed by atoms with E-state index in [0.717, 1.165) is 5.56 Å². The van der Waals surface area contributed by atoms with E-state index in [-0.39, 0.29) is 16.6 Å². The van der Waals surface area contributed by atoms with Crippen LogP contribution in [0, 0.1) is 6.92 Å². The van der Waals surface area contributed by atoms with Crippen LogP contribution in [0.4, 0.5) is 5.69 Å². The summed E-state index contributed by atoms with van der Waals surface area (Å²) in [6.45, 7) is 1.73. The second-order valence-electron chi connectivity index (χ2n) is 7.80. The predicted octanol–water partition coefficient (Wildman–Crippen LogP) is 6.81. The van der Waals surface area contributed by atoms with Crippen molar-refractivity contribution in [1.82, 2.24) is 0 Å². The minimum absolute atomic E-state index is 0.164. The first-order valence-corrected chi connectivity index (χ1v) is 10.9. The van der Waals surface area contributed by atoms with Crippen LogP contribution in [0.25, 0.3) is 22.3 Å². The van der Waals surface area contributed by atoms with Crippen molar-refractivity contribution in [2.75, 3.05) is 5.32 Å². The summed E-state index contributed by atoms with van der Waals surface area (Å²) in [6.07, 6.45) is 0. The smallest absolute Gasteiger partial charge is 0.259 e. The topological polar surface area (TPSA) is 68.5 Å². The van der Waals surface area contributed by atoms with Gasteiger partial charge in [-0.3, -0.25) is 9.59 Å². The van der Waals surface area contributed by atoms with Gasteiger partial charge in [-0.2, -0.15) is 0 Å². The fourth-order valence-corrected chi connectivity index (χ4v) is 3.82. The lowest BCUT2D eigenvalue weighted by Crippen LogP contribution is -2.15. The van der Waals surface area contributed by atoms with E-state index >= 15 is 0 Å². The summed E-state index contributed by atoms with van der Waals surface area (Å²) < 4.78 is 12.1. The second-order valence-corrected chi connectivity index (χ2v) is 7.80. The monoisotopic (exact) mass is 447 g/mol. The van der Waals surface area contributed by atoms with E-state index in [2.05, 4.69) is 5.32 Å². The Hall–Kier alpha value is -4.64. The molecule has 5 heteroatoms. The number of benzene rings is 4. The lowest BCUT2D eigenvalue weighted by atomic mass is 10.0. The molecular weight excluding hydrogens is 426 g/mol. The molecule has 1 N–H and O–H groups in total. The van der Waals surface area contributed by atoms with Gasteiger partial charge >= 0.3 is 0 Å². The third kappa shape index (κ3) is 4.07. The normalized spacial score (nSPS) is 10.7. The van der Waals surface area contributed by atoms with Gasteiger partial charge in [-0.15, -0.1) is 0 Å². The van der Waals surface area contributed by atoms with Crippen molar-refractivity contribution in [3.05, 3.63) is 124 Å². The molecule has 4 aromatic carbocycles. The number of rotatable bonds is 5. The largest absolute Gasteiger partial charge is 0.455 e. The molecule has 1 aromatic heterocycles. The molecule has 34 heavy (non-hydrogen) atoms. The molecule has 0 bridgehead atoms. The van der Waals surface area contributed by atoms with Crippen molar-refractivity contribution in [3.63, 3.8) is 0 Å². The molecule has 0 aliphatic carbocycles. The van der Waals surface area contributed by atoms with Gasteiger partial charge in [-0.05, 0) is 43.3 Å². The molecule has 0 atom stereocenters. The summed E-state index contributed by atoms with van der Waals surface area (Å²) in [5.74, 6) is 1.21. The van der Waals surface area contributed by atoms with Crippen LogP contribution in [-0.2, 0) is 0 Å². The summed E-state index contributed by atoms with van der Waals surface area (Å²) in [5.41, 5.74) is 2.12. The average molecular weight is 447 g/mol. The molecule has 5 rings (SSSR count). The molecule has 5 aromatic rings. The zero-order valence-corrected chi connectivity index (χ0v) is 18.4. The molecule has 1 heterocycles. The van der Waals surface area contributed by atoms with Gasteiger partial charge in [-0.25, -0.2) is 0 Å². The third-order valence-corrected chi connectivity index (χ3v) is 5.53. The van der Waals surface area contributed by atoms with Crippen molar-refractivity contribution in [1.29, 1.82) is 0 Å². The number of fused-ring (bicyclic) bond motifs is 1. The minimum Gasteiger partial charge on any atom is -0.455 e. The molecule has 5 nitrogen and oxygen atoms in total. The van der Waals surface area contributed by atoms with Gasteiger partial charge in [0.2, 0.25) is 0 Å². The Kier molecular flexibility index (Phi) is 5.67. The van der Waals surface area contributed by atoms with Crippen molar-refractivity contribution in [2.24, 2.45) is 0 Å². The number of anilines is 1. The number of nitrogens with one attached hydrogen (secondary N) is 1. The first kappa shape index (κ1) is 21.2. The van der Waals surface area contributed by atoms with Gasteiger partial charge in [0.05, 0.1) is 16.6 Å². The Morgan fingerprint density at radius 1 is 0.794 bits per heavy atom. The van der Waals surface area contributed by atoms with Gasteiger partial charge in [0.25, 0.3) is 5.91 Å². The summed E-state index contributed by atoms with van der Waals surface area (Å²) in [4.78, 5) is 26.4. The summed E-state index contributed by atoms with van der Waals surface area (Å²) in [5, 5.41) is 3.27. The molecule has 0 saturated heterocycles. The highest BCUT2D eigenvalue weighted by molar-refractivity contribution is 6.12. The van der Waals surface area contributed by atoms with Crippen molar-refractivity contribution in [3.8, 4) is 22.8 Å². The number of hydrogen-bond donors (Lipinski definition) is 1. The Labute approximate surface area is 196 Å². The molecule has 0 saturated carbocycles. The highest BCUT2D eigenvalue weighted by Gasteiger charge is 2.19. The molecule has 0 aliphatic rings. The van der Waals surface area contributed by atoms with E-state index in [1.165, 1.54) is 0 Å². The molecular formula is C29H21NO4. The number of carbonyl (C=O) groups is 1. The van der Waals surface area contributed by atoms with E-state index in [0.29, 0.717) is 33.9 Å². The van der Waals surface area contributed by atoms with Crippen molar-refractivity contribution < 1.29 is 13.9 Å². The van der Waals surface area contributed by atoms with Gasteiger partial charge < -0.3 is 14.5 Å². The van der Waals surface area contributed by atoms with Crippen LogP contribution in [0.3, 0.4) is 0 Å². The quantitative estimate of drug-likeness (QED) is 0.321. The minimum atomic E-state index is -0.402. The van der Waals surface area contributed by atoms with Gasteiger partial charge in [0, 0.05) is 11.1 Å². The van der Waals surface area contributed by atoms with Crippen LogP contribution in [0.1, 0.15) is 15.9 Å². The van der Waals surface area contributed by atoms with E-state index in [4.69, 9.17) is 9.15 Å².